The van der Waals surface area contributed by atoms with Gasteiger partial charge in [0.2, 0.25) is 0 Å². The lowest BCUT2D eigenvalue weighted by molar-refractivity contribution is -0.136. The summed E-state index contributed by atoms with van der Waals surface area (Å²) in [6, 6.07) is 9.01. The van der Waals surface area contributed by atoms with Crippen molar-refractivity contribution in [2.75, 3.05) is 0 Å². The minimum atomic E-state index is -1.65. The molecule has 2 aromatic carbocycles. The number of carbonyl (C=O) groups is 1. The number of benzene rings is 2. The number of carboxylic acids is 1. The van der Waals surface area contributed by atoms with Gasteiger partial charge in [-0.15, -0.1) is 0 Å². The van der Waals surface area contributed by atoms with E-state index in [9.17, 15) is 18.0 Å². The molecular weight excluding hydrogens is 257 g/mol. The van der Waals surface area contributed by atoms with Gasteiger partial charge in [0.1, 0.15) is 0 Å². The molecule has 0 atom stereocenters. The molecule has 0 aliphatic rings. The Bertz CT molecular complexity index is 624. The van der Waals surface area contributed by atoms with E-state index in [0.717, 1.165) is 6.07 Å². The van der Waals surface area contributed by atoms with Crippen molar-refractivity contribution in [3.05, 3.63) is 59.4 Å². The monoisotopic (exact) mass is 266 g/mol. The van der Waals surface area contributed by atoms with Gasteiger partial charge in [-0.3, -0.25) is 4.79 Å². The molecule has 2 nitrogen and oxygen atoms in total. The van der Waals surface area contributed by atoms with Gasteiger partial charge >= 0.3 is 5.97 Å². The van der Waals surface area contributed by atoms with Crippen molar-refractivity contribution >= 4 is 5.97 Å². The molecule has 0 heterocycles. The molecular formula is C14H9F3O2. The van der Waals surface area contributed by atoms with Gasteiger partial charge in [-0.1, -0.05) is 30.3 Å². The Hall–Kier alpha value is -2.30. The number of rotatable bonds is 3. The summed E-state index contributed by atoms with van der Waals surface area (Å²) in [5.74, 6) is -5.75. The molecule has 0 bridgehead atoms. The van der Waals surface area contributed by atoms with Crippen LogP contribution in [0.25, 0.3) is 11.1 Å². The van der Waals surface area contributed by atoms with E-state index in [0.29, 0.717) is 5.56 Å². The van der Waals surface area contributed by atoms with Crippen LogP contribution in [0.1, 0.15) is 5.56 Å². The number of hydrogen-bond acceptors (Lipinski definition) is 1. The van der Waals surface area contributed by atoms with Gasteiger partial charge in [-0.05, 0) is 11.6 Å². The number of carboxylic acid groups (broad SMARTS) is 1. The van der Waals surface area contributed by atoms with Crippen LogP contribution in [0.4, 0.5) is 13.2 Å². The van der Waals surface area contributed by atoms with Crippen LogP contribution < -0.4 is 0 Å². The molecule has 98 valence electrons. The zero-order chi connectivity index (χ0) is 14.0. The van der Waals surface area contributed by atoms with Crippen LogP contribution in [0.2, 0.25) is 0 Å². The molecule has 0 saturated heterocycles. The minimum absolute atomic E-state index is 0.157. The first-order valence-electron chi connectivity index (χ1n) is 5.44. The third-order valence-corrected chi connectivity index (χ3v) is 2.65. The predicted molar refractivity (Wildman–Crippen MR) is 63.1 cm³/mol. The van der Waals surface area contributed by atoms with Gasteiger partial charge in [-0.2, -0.15) is 0 Å². The highest BCUT2D eigenvalue weighted by Crippen LogP contribution is 2.28. The summed E-state index contributed by atoms with van der Waals surface area (Å²) in [6.45, 7) is 0. The summed E-state index contributed by atoms with van der Waals surface area (Å²) in [5, 5.41) is 8.63. The van der Waals surface area contributed by atoms with Gasteiger partial charge < -0.3 is 5.11 Å². The third-order valence-electron chi connectivity index (χ3n) is 2.65. The van der Waals surface area contributed by atoms with E-state index < -0.39 is 29.8 Å². The molecule has 2 aromatic rings. The van der Waals surface area contributed by atoms with Crippen molar-refractivity contribution in [3.8, 4) is 11.1 Å². The minimum Gasteiger partial charge on any atom is -0.481 e. The molecule has 0 amide bonds. The Morgan fingerprint density at radius 2 is 1.63 bits per heavy atom. The Labute approximate surface area is 107 Å². The fourth-order valence-corrected chi connectivity index (χ4v) is 1.78. The van der Waals surface area contributed by atoms with Crippen LogP contribution in [0.5, 0.6) is 0 Å². The Morgan fingerprint density at radius 1 is 1.00 bits per heavy atom. The van der Waals surface area contributed by atoms with Crippen LogP contribution in [-0.4, -0.2) is 11.1 Å². The standard InChI is InChI=1S/C14H9F3O2/c15-12-9(7-11(18)19)6-10(13(16)14(12)17)8-4-2-1-3-5-8/h1-6H,7H2,(H,18,19). The van der Waals surface area contributed by atoms with Crippen molar-refractivity contribution in [2.24, 2.45) is 0 Å². The summed E-state index contributed by atoms with van der Waals surface area (Å²) >= 11 is 0. The number of halogens is 3. The first-order valence-corrected chi connectivity index (χ1v) is 5.44. The highest BCUT2D eigenvalue weighted by atomic mass is 19.2. The average Bonchev–Trinajstić information content (AvgIpc) is 2.40. The largest absolute Gasteiger partial charge is 0.481 e. The molecule has 0 saturated carbocycles. The maximum absolute atomic E-state index is 13.7. The van der Waals surface area contributed by atoms with Gasteiger partial charge in [0.25, 0.3) is 0 Å². The maximum Gasteiger partial charge on any atom is 0.307 e. The Balaban J connectivity index is 2.62. The van der Waals surface area contributed by atoms with E-state index >= 15 is 0 Å². The fraction of sp³-hybridized carbons (Fsp3) is 0.0714. The van der Waals surface area contributed by atoms with E-state index in [-0.39, 0.29) is 11.1 Å². The van der Waals surface area contributed by atoms with Crippen LogP contribution in [0.15, 0.2) is 36.4 Å². The average molecular weight is 266 g/mol. The van der Waals surface area contributed by atoms with Crippen molar-refractivity contribution < 1.29 is 23.1 Å². The molecule has 19 heavy (non-hydrogen) atoms. The van der Waals surface area contributed by atoms with E-state index in [2.05, 4.69) is 0 Å². The molecule has 5 heteroatoms. The molecule has 0 aromatic heterocycles. The smallest absolute Gasteiger partial charge is 0.307 e. The zero-order valence-electron chi connectivity index (χ0n) is 9.66. The van der Waals surface area contributed by atoms with Crippen LogP contribution in [-0.2, 0) is 11.2 Å². The molecule has 2 rings (SSSR count). The second kappa shape index (κ2) is 5.14. The second-order valence-electron chi connectivity index (χ2n) is 3.96. The first kappa shape index (κ1) is 13.1. The summed E-state index contributed by atoms with van der Waals surface area (Å²) in [6.07, 6.45) is -0.705. The molecule has 0 fully saturated rings. The fourth-order valence-electron chi connectivity index (χ4n) is 1.78. The molecule has 0 spiro atoms. The summed E-state index contributed by atoms with van der Waals surface area (Å²) in [5.41, 5.74) is -0.188. The van der Waals surface area contributed by atoms with Gasteiger partial charge in [0.05, 0.1) is 6.42 Å². The van der Waals surface area contributed by atoms with Crippen LogP contribution >= 0.6 is 0 Å². The zero-order valence-corrected chi connectivity index (χ0v) is 9.66. The molecule has 1 N–H and O–H groups in total. The second-order valence-corrected chi connectivity index (χ2v) is 3.96. The summed E-state index contributed by atoms with van der Waals surface area (Å²) < 4.78 is 40.6. The quantitative estimate of drug-likeness (QED) is 0.864. The lowest BCUT2D eigenvalue weighted by atomic mass is 10.00. The van der Waals surface area contributed by atoms with Crippen molar-refractivity contribution in [1.82, 2.24) is 0 Å². The van der Waals surface area contributed by atoms with Crippen LogP contribution in [0, 0.1) is 17.5 Å². The number of hydrogen-bond donors (Lipinski definition) is 1. The highest BCUT2D eigenvalue weighted by molar-refractivity contribution is 5.72. The van der Waals surface area contributed by atoms with Crippen LogP contribution in [0.3, 0.4) is 0 Å². The summed E-state index contributed by atoms with van der Waals surface area (Å²) in [4.78, 5) is 10.6. The molecule has 0 aliphatic carbocycles. The van der Waals surface area contributed by atoms with Crippen molar-refractivity contribution in [2.45, 2.75) is 6.42 Å². The molecule has 0 unspecified atom stereocenters. The van der Waals surface area contributed by atoms with E-state index in [4.69, 9.17) is 5.11 Å². The van der Waals surface area contributed by atoms with Gasteiger partial charge in [-0.25, -0.2) is 13.2 Å². The third kappa shape index (κ3) is 2.59. The Morgan fingerprint density at radius 3 is 2.21 bits per heavy atom. The predicted octanol–water partition coefficient (Wildman–Crippen LogP) is 3.40. The maximum atomic E-state index is 13.7. The van der Waals surface area contributed by atoms with Crippen molar-refractivity contribution in [3.63, 3.8) is 0 Å². The summed E-state index contributed by atoms with van der Waals surface area (Å²) in [7, 11) is 0. The number of aliphatic carboxylic acids is 1. The molecule has 0 aliphatic heterocycles. The SMILES string of the molecule is O=C(O)Cc1cc(-c2ccccc2)c(F)c(F)c1F. The lowest BCUT2D eigenvalue weighted by Crippen LogP contribution is -2.06. The topological polar surface area (TPSA) is 37.3 Å². The van der Waals surface area contributed by atoms with Gasteiger partial charge in [0, 0.05) is 11.1 Å². The normalized spacial score (nSPS) is 10.5. The van der Waals surface area contributed by atoms with Crippen molar-refractivity contribution in [1.29, 1.82) is 0 Å². The van der Waals surface area contributed by atoms with Gasteiger partial charge in [0.15, 0.2) is 17.5 Å². The van der Waals surface area contributed by atoms with E-state index in [1.54, 1.807) is 18.2 Å². The molecule has 0 radical (unpaired) electrons. The highest BCUT2D eigenvalue weighted by Gasteiger charge is 2.20. The van der Waals surface area contributed by atoms with E-state index in [1.165, 1.54) is 12.1 Å². The lowest BCUT2D eigenvalue weighted by Gasteiger charge is -2.09. The first-order chi connectivity index (χ1) is 9.00. The Kier molecular flexibility index (Phi) is 3.55. The van der Waals surface area contributed by atoms with E-state index in [1.807, 2.05) is 0 Å².